The molecule has 246 valence electrons. The number of nitrogens with one attached hydrogen (secondary N) is 1. The summed E-state index contributed by atoms with van der Waals surface area (Å²) < 4.78 is 6.16. The number of hydrogen-bond acceptors (Lipinski definition) is 5. The Morgan fingerprint density at radius 2 is 1.66 bits per heavy atom. The Hall–Kier alpha value is -4.07. The highest BCUT2D eigenvalue weighted by atomic mass is 35.5. The maximum atomic E-state index is 14.6. The van der Waals surface area contributed by atoms with E-state index in [1.54, 1.807) is 0 Å². The molecule has 7 nitrogen and oxygen atoms in total. The Morgan fingerprint density at radius 3 is 2.30 bits per heavy atom. The van der Waals surface area contributed by atoms with Gasteiger partial charge < -0.3 is 10.1 Å². The second-order valence-electron chi connectivity index (χ2n) is 12.9. The maximum Gasteiger partial charge on any atom is 0.330 e. The predicted octanol–water partition coefficient (Wildman–Crippen LogP) is 9.58. The molecule has 3 aromatic carbocycles. The third kappa shape index (κ3) is 7.42. The number of hydrogen-bond donors (Lipinski definition) is 1. The number of amides is 2. The molecular weight excluding hydrogens is 629 g/mol. The normalized spacial score (nSPS) is 19.1. The van der Waals surface area contributed by atoms with E-state index in [1.165, 1.54) is 0 Å². The van der Waals surface area contributed by atoms with E-state index in [0.717, 1.165) is 40.6 Å². The molecule has 0 bridgehead atoms. The third-order valence-corrected chi connectivity index (χ3v) is 9.11. The average Bonchev–Trinajstić information content (AvgIpc) is 3.18. The van der Waals surface area contributed by atoms with E-state index in [-0.39, 0.29) is 17.5 Å². The van der Waals surface area contributed by atoms with Gasteiger partial charge in [0.15, 0.2) is 0 Å². The van der Waals surface area contributed by atoms with Crippen molar-refractivity contribution in [1.29, 1.82) is 0 Å². The average molecular weight is 673 g/mol. The highest BCUT2D eigenvalue weighted by Crippen LogP contribution is 2.42. The van der Waals surface area contributed by atoms with Crippen LogP contribution in [0.3, 0.4) is 0 Å². The van der Waals surface area contributed by atoms with Crippen LogP contribution in [0.25, 0.3) is 0 Å². The van der Waals surface area contributed by atoms with Gasteiger partial charge in [-0.1, -0.05) is 86.4 Å². The highest BCUT2D eigenvalue weighted by molar-refractivity contribution is 6.30. The van der Waals surface area contributed by atoms with Crippen molar-refractivity contribution in [2.24, 2.45) is 4.99 Å². The van der Waals surface area contributed by atoms with Crippen LogP contribution in [0.4, 0.5) is 16.2 Å². The van der Waals surface area contributed by atoms with Crippen molar-refractivity contribution in [3.05, 3.63) is 118 Å². The van der Waals surface area contributed by atoms with Crippen LogP contribution in [-0.2, 0) is 11.0 Å². The van der Waals surface area contributed by atoms with Gasteiger partial charge in [-0.05, 0) is 69.2 Å². The van der Waals surface area contributed by atoms with Crippen molar-refractivity contribution >= 4 is 46.4 Å². The first kappa shape index (κ1) is 34.3. The molecule has 1 aromatic heterocycles. The molecule has 0 aliphatic carbocycles. The second-order valence-corrected chi connectivity index (χ2v) is 13.8. The lowest BCUT2D eigenvalue weighted by atomic mass is 9.86. The smallest absolute Gasteiger partial charge is 0.330 e. The molecule has 0 saturated heterocycles. The minimum absolute atomic E-state index is 0.123. The fourth-order valence-corrected chi connectivity index (χ4v) is 6.09. The van der Waals surface area contributed by atoms with Crippen molar-refractivity contribution in [3.8, 4) is 5.75 Å². The summed E-state index contributed by atoms with van der Waals surface area (Å²) >= 11 is 11.8. The molecule has 0 radical (unpaired) electrons. The number of benzene rings is 3. The van der Waals surface area contributed by atoms with Gasteiger partial charge in [0.05, 0.1) is 29.6 Å². The fraction of sp³-hybridized carbons (Fsp3) is 0.342. The van der Waals surface area contributed by atoms with Gasteiger partial charge in [0.2, 0.25) is 0 Å². The molecule has 2 amide bonds. The summed E-state index contributed by atoms with van der Waals surface area (Å²) in [5.74, 6) is 1.23. The van der Waals surface area contributed by atoms with Crippen molar-refractivity contribution in [2.75, 3.05) is 29.9 Å². The van der Waals surface area contributed by atoms with Gasteiger partial charge >= 0.3 is 6.03 Å². The van der Waals surface area contributed by atoms with Crippen molar-refractivity contribution in [2.45, 2.75) is 65.0 Å². The molecular formula is C38H43Cl2N5O2. The first-order chi connectivity index (χ1) is 22.4. The lowest BCUT2D eigenvalue weighted by molar-refractivity contribution is 0.207. The Kier molecular flexibility index (Phi) is 10.5. The number of nitrogens with zero attached hydrogens (tertiary/aromatic N) is 4. The number of fused-ring (bicyclic) bond motifs is 1. The number of ether oxygens (including phenoxy) is 1. The predicted molar refractivity (Wildman–Crippen MR) is 194 cm³/mol. The molecule has 4 aromatic rings. The number of urea groups is 1. The van der Waals surface area contributed by atoms with E-state index in [1.807, 2.05) is 108 Å². The number of pyridine rings is 1. The minimum atomic E-state index is -0.717. The summed E-state index contributed by atoms with van der Waals surface area (Å²) in [5.41, 5.74) is 3.53. The molecule has 1 N–H and O–H groups in total. The molecule has 0 spiro atoms. The van der Waals surface area contributed by atoms with E-state index in [0.29, 0.717) is 35.3 Å². The molecule has 0 fully saturated rings. The van der Waals surface area contributed by atoms with Gasteiger partial charge in [-0.3, -0.25) is 19.8 Å². The molecule has 2 atom stereocenters. The number of aliphatic imine (C=N–C) groups is 1. The number of aromatic nitrogens is 1. The third-order valence-electron chi connectivity index (χ3n) is 8.61. The van der Waals surface area contributed by atoms with E-state index >= 15 is 0 Å². The molecule has 1 unspecified atom stereocenters. The van der Waals surface area contributed by atoms with Crippen LogP contribution in [0.1, 0.15) is 64.8 Å². The van der Waals surface area contributed by atoms with Crippen LogP contribution < -0.4 is 15.0 Å². The van der Waals surface area contributed by atoms with Crippen molar-refractivity contribution in [3.63, 3.8) is 0 Å². The number of rotatable bonds is 4. The Bertz CT molecular complexity index is 1720. The van der Waals surface area contributed by atoms with Crippen LogP contribution in [0, 0.1) is 0 Å². The zero-order chi connectivity index (χ0) is 33.8. The molecule has 9 heteroatoms. The maximum absolute atomic E-state index is 14.6. The monoisotopic (exact) mass is 671 g/mol. The van der Waals surface area contributed by atoms with Crippen LogP contribution in [0.2, 0.25) is 10.0 Å². The number of carbonyl (C=O) groups is 1. The molecule has 3 heterocycles. The summed E-state index contributed by atoms with van der Waals surface area (Å²) in [6, 6.07) is 26.7. The Balaban J connectivity index is 0.000000549. The summed E-state index contributed by atoms with van der Waals surface area (Å²) in [7, 11) is 0. The van der Waals surface area contributed by atoms with E-state index in [9.17, 15) is 4.79 Å². The Labute approximate surface area is 288 Å². The van der Waals surface area contributed by atoms with E-state index in [2.05, 4.69) is 39.9 Å². The molecule has 6 rings (SSSR count). The number of halogens is 2. The van der Waals surface area contributed by atoms with Gasteiger partial charge in [-0.2, -0.15) is 0 Å². The topological polar surface area (TPSA) is 70.1 Å². The van der Waals surface area contributed by atoms with E-state index < -0.39 is 5.54 Å². The second kappa shape index (κ2) is 14.4. The van der Waals surface area contributed by atoms with Gasteiger partial charge in [0, 0.05) is 46.5 Å². The van der Waals surface area contributed by atoms with Crippen LogP contribution in [-0.4, -0.2) is 47.5 Å². The number of para-hydroxylation sites is 2. The van der Waals surface area contributed by atoms with Crippen LogP contribution in [0.5, 0.6) is 5.75 Å². The van der Waals surface area contributed by atoms with Crippen molar-refractivity contribution < 1.29 is 9.53 Å². The zero-order valence-electron chi connectivity index (χ0n) is 27.9. The summed E-state index contributed by atoms with van der Waals surface area (Å²) in [6.45, 7) is 14.3. The molecule has 2 aliphatic rings. The van der Waals surface area contributed by atoms with Crippen molar-refractivity contribution in [1.82, 2.24) is 9.88 Å². The molecule has 2 aliphatic heterocycles. The molecule has 0 saturated carbocycles. The first-order valence-electron chi connectivity index (χ1n) is 16.1. The number of amidine groups is 1. The lowest BCUT2D eigenvalue weighted by Crippen LogP contribution is -2.51. The van der Waals surface area contributed by atoms with Gasteiger partial charge in [0.1, 0.15) is 17.1 Å². The summed E-state index contributed by atoms with van der Waals surface area (Å²) in [5, 5.41) is 4.91. The van der Waals surface area contributed by atoms with E-state index in [4.69, 9.17) is 37.9 Å². The summed E-state index contributed by atoms with van der Waals surface area (Å²) in [4.78, 5) is 28.4. The molecule has 47 heavy (non-hydrogen) atoms. The Morgan fingerprint density at radius 1 is 1.00 bits per heavy atom. The van der Waals surface area contributed by atoms with Gasteiger partial charge in [0.25, 0.3) is 0 Å². The highest BCUT2D eigenvalue weighted by Gasteiger charge is 2.49. The first-order valence-corrected chi connectivity index (χ1v) is 16.8. The fourth-order valence-electron chi connectivity index (χ4n) is 5.81. The SMILES string of the molecule is CCOc1cc(C(C)(C)C)ncc1C1=N[C@@](C)(c2ccc(Cl)cc2)C(C)N1C(=O)N1CCCNc2ccccc21.Clc1ccccc1. The van der Waals surface area contributed by atoms with Crippen LogP contribution in [0.15, 0.2) is 96.1 Å². The quantitative estimate of drug-likeness (QED) is 0.235. The van der Waals surface area contributed by atoms with Gasteiger partial charge in [-0.15, -0.1) is 0 Å². The number of carbonyl (C=O) groups excluding carboxylic acids is 1. The lowest BCUT2D eigenvalue weighted by Gasteiger charge is -2.35. The summed E-state index contributed by atoms with van der Waals surface area (Å²) in [6.07, 6.45) is 2.64. The largest absolute Gasteiger partial charge is 0.493 e. The number of anilines is 2. The van der Waals surface area contributed by atoms with Gasteiger partial charge in [-0.25, -0.2) is 4.79 Å². The minimum Gasteiger partial charge on any atom is -0.493 e. The standard InChI is InChI=1S/C32H38ClN5O2.C6H5Cl/c1-7-40-27-19-28(31(3,4)5)35-20-24(27)29-36-32(6,22-13-15-23(33)16-14-22)21(2)38(29)30(39)37-18-10-17-34-25-11-8-9-12-26(25)37;7-6-4-2-1-3-5-6/h8-9,11-16,19-21,34H,7,10,17-18H2,1-6H3;1-5H/t21?,32-;/m1./s1. The zero-order valence-corrected chi connectivity index (χ0v) is 29.4. The van der Waals surface area contributed by atoms with Crippen LogP contribution >= 0.6 is 23.2 Å².